The summed E-state index contributed by atoms with van der Waals surface area (Å²) < 4.78 is 7.30. The van der Waals surface area contributed by atoms with Crippen LogP contribution in [0.5, 0.6) is 5.75 Å². The van der Waals surface area contributed by atoms with Crippen LogP contribution in [0.1, 0.15) is 24.9 Å². The highest BCUT2D eigenvalue weighted by Crippen LogP contribution is 2.22. The van der Waals surface area contributed by atoms with Gasteiger partial charge in [-0.15, -0.1) is 0 Å². The Kier molecular flexibility index (Phi) is 8.64. The SMILES string of the molecule is CCNC(=NCC(c1cccc(OC)c1)N(C)C)NCCCn1cccn1. The van der Waals surface area contributed by atoms with E-state index < -0.39 is 0 Å². The number of ether oxygens (including phenoxy) is 1. The lowest BCUT2D eigenvalue weighted by Crippen LogP contribution is -2.38. The molecule has 1 aromatic heterocycles. The molecule has 0 saturated heterocycles. The summed E-state index contributed by atoms with van der Waals surface area (Å²) in [7, 11) is 5.84. The molecule has 1 unspecified atom stereocenters. The molecular weight excluding hydrogens is 340 g/mol. The minimum Gasteiger partial charge on any atom is -0.497 e. The number of aliphatic imine (C=N–C) groups is 1. The van der Waals surface area contributed by atoms with E-state index in [1.165, 1.54) is 5.56 Å². The Hall–Kier alpha value is -2.54. The summed E-state index contributed by atoms with van der Waals surface area (Å²) in [4.78, 5) is 6.97. The highest BCUT2D eigenvalue weighted by Gasteiger charge is 2.14. The topological polar surface area (TPSA) is 66.7 Å². The third kappa shape index (κ3) is 6.94. The summed E-state index contributed by atoms with van der Waals surface area (Å²) in [6.07, 6.45) is 4.77. The first-order valence-electron chi connectivity index (χ1n) is 9.44. The van der Waals surface area contributed by atoms with Crippen LogP contribution in [0.4, 0.5) is 0 Å². The van der Waals surface area contributed by atoms with Gasteiger partial charge in [0.05, 0.1) is 19.7 Å². The van der Waals surface area contributed by atoms with E-state index in [0.717, 1.165) is 37.8 Å². The van der Waals surface area contributed by atoms with Crippen LogP contribution < -0.4 is 15.4 Å². The standard InChI is InChI=1S/C20H32N6O/c1-5-21-20(22-11-7-13-26-14-8-12-24-26)23-16-19(25(2)3)17-9-6-10-18(15-17)27-4/h6,8-10,12,14-15,19H,5,7,11,13,16H2,1-4H3,(H2,21,22,23). The Morgan fingerprint density at radius 3 is 2.81 bits per heavy atom. The summed E-state index contributed by atoms with van der Waals surface area (Å²) in [6.45, 7) is 5.30. The maximum atomic E-state index is 5.36. The third-order valence-electron chi connectivity index (χ3n) is 4.28. The molecule has 7 heteroatoms. The van der Waals surface area contributed by atoms with E-state index in [-0.39, 0.29) is 6.04 Å². The van der Waals surface area contributed by atoms with Gasteiger partial charge in [-0.05, 0) is 51.2 Å². The summed E-state index contributed by atoms with van der Waals surface area (Å²) in [5, 5.41) is 10.9. The Morgan fingerprint density at radius 1 is 1.30 bits per heavy atom. The molecule has 1 aromatic carbocycles. The van der Waals surface area contributed by atoms with Gasteiger partial charge < -0.3 is 20.3 Å². The Labute approximate surface area is 162 Å². The predicted octanol–water partition coefficient (Wildman–Crippen LogP) is 2.14. The highest BCUT2D eigenvalue weighted by atomic mass is 16.5. The fraction of sp³-hybridized carbons (Fsp3) is 0.500. The summed E-state index contributed by atoms with van der Waals surface area (Å²) in [5.41, 5.74) is 1.19. The number of aromatic nitrogens is 2. The van der Waals surface area contributed by atoms with Crippen LogP contribution in [0.2, 0.25) is 0 Å². The van der Waals surface area contributed by atoms with Crippen LogP contribution in [-0.2, 0) is 6.54 Å². The van der Waals surface area contributed by atoms with Crippen molar-refractivity contribution in [3.05, 3.63) is 48.3 Å². The summed E-state index contributed by atoms with van der Waals surface area (Å²) in [5.74, 6) is 1.71. The van der Waals surface area contributed by atoms with Crippen LogP contribution in [-0.4, -0.2) is 61.5 Å². The van der Waals surface area contributed by atoms with Gasteiger partial charge in [0, 0.05) is 32.0 Å². The van der Waals surface area contributed by atoms with Crippen molar-refractivity contribution in [1.82, 2.24) is 25.3 Å². The average molecular weight is 373 g/mol. The molecule has 0 spiro atoms. The van der Waals surface area contributed by atoms with Crippen molar-refractivity contribution in [2.45, 2.75) is 25.9 Å². The fourth-order valence-corrected chi connectivity index (χ4v) is 2.82. The van der Waals surface area contributed by atoms with Gasteiger partial charge in [-0.25, -0.2) is 0 Å². The molecular formula is C20H32N6O. The second-order valence-electron chi connectivity index (χ2n) is 6.53. The molecule has 1 atom stereocenters. The van der Waals surface area contributed by atoms with Crippen LogP contribution in [0, 0.1) is 0 Å². The molecule has 0 aliphatic rings. The zero-order valence-corrected chi connectivity index (χ0v) is 16.9. The first-order valence-corrected chi connectivity index (χ1v) is 9.44. The number of nitrogens with zero attached hydrogens (tertiary/aromatic N) is 4. The number of likely N-dealkylation sites (N-methyl/N-ethyl adjacent to an activating group) is 1. The quantitative estimate of drug-likeness (QED) is 0.380. The maximum Gasteiger partial charge on any atom is 0.191 e. The minimum atomic E-state index is 0.180. The summed E-state index contributed by atoms with van der Waals surface area (Å²) >= 11 is 0. The lowest BCUT2D eigenvalue weighted by atomic mass is 10.1. The van der Waals surface area contributed by atoms with Gasteiger partial charge in [0.1, 0.15) is 5.75 Å². The number of hydrogen-bond donors (Lipinski definition) is 2. The van der Waals surface area contributed by atoms with Crippen LogP contribution in [0.3, 0.4) is 0 Å². The molecule has 2 N–H and O–H groups in total. The largest absolute Gasteiger partial charge is 0.497 e. The molecule has 2 aromatic rings. The highest BCUT2D eigenvalue weighted by molar-refractivity contribution is 5.79. The van der Waals surface area contributed by atoms with Gasteiger partial charge in [-0.1, -0.05) is 12.1 Å². The van der Waals surface area contributed by atoms with Gasteiger partial charge in [-0.2, -0.15) is 5.10 Å². The van der Waals surface area contributed by atoms with Crippen LogP contribution in [0.15, 0.2) is 47.7 Å². The number of aryl methyl sites for hydroxylation is 1. The molecule has 0 radical (unpaired) electrons. The molecule has 0 fully saturated rings. The monoisotopic (exact) mass is 372 g/mol. The second kappa shape index (κ2) is 11.2. The van der Waals surface area contributed by atoms with Crippen molar-refractivity contribution in [3.8, 4) is 5.75 Å². The molecule has 0 bridgehead atoms. The zero-order chi connectivity index (χ0) is 19.5. The number of hydrogen-bond acceptors (Lipinski definition) is 4. The minimum absolute atomic E-state index is 0.180. The lowest BCUT2D eigenvalue weighted by Gasteiger charge is -2.24. The molecule has 2 rings (SSSR count). The average Bonchev–Trinajstić information content (AvgIpc) is 3.18. The third-order valence-corrected chi connectivity index (χ3v) is 4.28. The van der Waals surface area contributed by atoms with E-state index in [9.17, 15) is 0 Å². The normalized spacial score (nSPS) is 12.9. The Morgan fingerprint density at radius 2 is 2.15 bits per heavy atom. The molecule has 0 amide bonds. The van der Waals surface area contributed by atoms with E-state index in [0.29, 0.717) is 6.54 Å². The molecule has 7 nitrogen and oxygen atoms in total. The van der Waals surface area contributed by atoms with Gasteiger partial charge in [0.2, 0.25) is 0 Å². The van der Waals surface area contributed by atoms with Gasteiger partial charge in [0.15, 0.2) is 5.96 Å². The van der Waals surface area contributed by atoms with E-state index in [2.05, 4.69) is 53.8 Å². The van der Waals surface area contributed by atoms with Crippen molar-refractivity contribution in [2.24, 2.45) is 4.99 Å². The van der Waals surface area contributed by atoms with Gasteiger partial charge in [-0.3, -0.25) is 9.67 Å². The van der Waals surface area contributed by atoms with Crippen molar-refractivity contribution in [3.63, 3.8) is 0 Å². The number of guanidine groups is 1. The lowest BCUT2D eigenvalue weighted by molar-refractivity contribution is 0.305. The van der Waals surface area contributed by atoms with Gasteiger partial charge >= 0.3 is 0 Å². The maximum absolute atomic E-state index is 5.36. The first kappa shape index (κ1) is 20.8. The van der Waals surface area contributed by atoms with E-state index in [4.69, 9.17) is 9.73 Å². The number of benzene rings is 1. The molecule has 1 heterocycles. The van der Waals surface area contributed by atoms with Crippen molar-refractivity contribution >= 4 is 5.96 Å². The van der Waals surface area contributed by atoms with Crippen molar-refractivity contribution in [1.29, 1.82) is 0 Å². The van der Waals surface area contributed by atoms with E-state index in [1.54, 1.807) is 13.3 Å². The van der Waals surface area contributed by atoms with Gasteiger partial charge in [0.25, 0.3) is 0 Å². The van der Waals surface area contributed by atoms with Crippen molar-refractivity contribution in [2.75, 3.05) is 40.8 Å². The predicted molar refractivity (Wildman–Crippen MR) is 110 cm³/mol. The molecule has 0 aliphatic carbocycles. The first-order chi connectivity index (χ1) is 13.1. The number of rotatable bonds is 10. The fourth-order valence-electron chi connectivity index (χ4n) is 2.82. The smallest absolute Gasteiger partial charge is 0.191 e. The molecule has 148 valence electrons. The van der Waals surface area contributed by atoms with Crippen molar-refractivity contribution < 1.29 is 4.74 Å². The number of nitrogens with one attached hydrogen (secondary N) is 2. The van der Waals surface area contributed by atoms with Crippen LogP contribution >= 0.6 is 0 Å². The number of methoxy groups -OCH3 is 1. The summed E-state index contributed by atoms with van der Waals surface area (Å²) in [6, 6.07) is 10.3. The second-order valence-corrected chi connectivity index (χ2v) is 6.53. The Bertz CT molecular complexity index is 684. The molecule has 0 saturated carbocycles. The molecule has 0 aliphatic heterocycles. The van der Waals surface area contributed by atoms with E-state index >= 15 is 0 Å². The molecule has 27 heavy (non-hydrogen) atoms. The Balaban J connectivity index is 1.94. The van der Waals surface area contributed by atoms with E-state index in [1.807, 2.05) is 29.1 Å². The zero-order valence-electron chi connectivity index (χ0n) is 16.9. The van der Waals surface area contributed by atoms with Crippen LogP contribution in [0.25, 0.3) is 0 Å².